The number of sulfonamides is 1. The molecule has 1 fully saturated rings. The van der Waals surface area contributed by atoms with Crippen molar-refractivity contribution < 1.29 is 8.42 Å². The van der Waals surface area contributed by atoms with Gasteiger partial charge in [-0.05, 0) is 24.5 Å². The number of benzene rings is 1. The lowest BCUT2D eigenvalue weighted by Crippen LogP contribution is -2.35. The number of hydrogen-bond acceptors (Lipinski definition) is 3. The molecule has 1 aromatic rings. The van der Waals surface area contributed by atoms with Crippen LogP contribution in [0.1, 0.15) is 31.2 Å². The van der Waals surface area contributed by atoms with Crippen LogP contribution in [0.5, 0.6) is 0 Å². The Kier molecular flexibility index (Phi) is 3.92. The maximum absolute atomic E-state index is 12.5. The number of rotatable bonds is 4. The number of nitrogens with two attached hydrogens (primary N) is 1. The van der Waals surface area contributed by atoms with Crippen molar-refractivity contribution in [3.05, 3.63) is 29.8 Å². The maximum Gasteiger partial charge on any atom is 0.237 e. The fourth-order valence-corrected chi connectivity index (χ4v) is 4.37. The second-order valence-electron chi connectivity index (χ2n) is 4.75. The Labute approximate surface area is 109 Å². The lowest BCUT2D eigenvalue weighted by atomic mass is 10.2. The van der Waals surface area contributed by atoms with E-state index in [1.165, 1.54) is 4.31 Å². The van der Waals surface area contributed by atoms with Crippen LogP contribution in [0.2, 0.25) is 0 Å². The molecule has 18 heavy (non-hydrogen) atoms. The Balaban J connectivity index is 2.32. The van der Waals surface area contributed by atoms with Gasteiger partial charge in [0.15, 0.2) is 0 Å². The minimum Gasteiger partial charge on any atom is -0.326 e. The maximum atomic E-state index is 12.5. The van der Waals surface area contributed by atoms with Gasteiger partial charge in [-0.25, -0.2) is 8.42 Å². The molecule has 4 nitrogen and oxygen atoms in total. The van der Waals surface area contributed by atoms with Crippen LogP contribution >= 0.6 is 0 Å². The molecule has 0 bridgehead atoms. The molecule has 0 unspecified atom stereocenters. The zero-order chi connectivity index (χ0) is 13.2. The molecule has 5 heteroatoms. The summed E-state index contributed by atoms with van der Waals surface area (Å²) in [6.45, 7) is 0.348. The van der Waals surface area contributed by atoms with E-state index in [0.29, 0.717) is 12.2 Å². The molecule has 1 aliphatic rings. The number of para-hydroxylation sites is 1. The van der Waals surface area contributed by atoms with Gasteiger partial charge < -0.3 is 5.73 Å². The van der Waals surface area contributed by atoms with Crippen molar-refractivity contribution in [1.82, 2.24) is 0 Å². The van der Waals surface area contributed by atoms with Gasteiger partial charge in [-0.2, -0.15) is 0 Å². The average Bonchev–Trinajstić information content (AvgIpc) is 2.92. The van der Waals surface area contributed by atoms with E-state index in [9.17, 15) is 8.42 Å². The van der Waals surface area contributed by atoms with E-state index in [4.69, 9.17) is 5.73 Å². The summed E-state index contributed by atoms with van der Waals surface area (Å²) in [6, 6.07) is 7.40. The van der Waals surface area contributed by atoms with Crippen LogP contribution in [-0.2, 0) is 16.6 Å². The van der Waals surface area contributed by atoms with Crippen molar-refractivity contribution in [1.29, 1.82) is 0 Å². The van der Waals surface area contributed by atoms with E-state index >= 15 is 0 Å². The third-order valence-corrected chi connectivity index (χ3v) is 5.93. The van der Waals surface area contributed by atoms with Crippen LogP contribution < -0.4 is 10.0 Å². The molecule has 2 N–H and O–H groups in total. The molecule has 0 aliphatic heterocycles. The van der Waals surface area contributed by atoms with E-state index < -0.39 is 10.0 Å². The first-order valence-corrected chi connectivity index (χ1v) is 7.83. The van der Waals surface area contributed by atoms with Crippen molar-refractivity contribution in [3.8, 4) is 0 Å². The molecule has 0 heterocycles. The Morgan fingerprint density at radius 2 is 1.89 bits per heavy atom. The van der Waals surface area contributed by atoms with Gasteiger partial charge in [0.05, 0.1) is 10.9 Å². The summed E-state index contributed by atoms with van der Waals surface area (Å²) in [7, 11) is -1.62. The molecule has 0 amide bonds. The van der Waals surface area contributed by atoms with Gasteiger partial charge in [-0.3, -0.25) is 4.31 Å². The lowest BCUT2D eigenvalue weighted by Gasteiger charge is -2.25. The van der Waals surface area contributed by atoms with E-state index in [-0.39, 0.29) is 5.25 Å². The smallest absolute Gasteiger partial charge is 0.237 e. The molecular weight excluding hydrogens is 248 g/mol. The van der Waals surface area contributed by atoms with Crippen LogP contribution in [0.25, 0.3) is 0 Å². The van der Waals surface area contributed by atoms with Gasteiger partial charge in [-0.15, -0.1) is 0 Å². The zero-order valence-electron chi connectivity index (χ0n) is 10.7. The second-order valence-corrected chi connectivity index (χ2v) is 7.00. The normalized spacial score (nSPS) is 17.0. The molecule has 0 saturated heterocycles. The highest BCUT2D eigenvalue weighted by Crippen LogP contribution is 2.30. The fourth-order valence-electron chi connectivity index (χ4n) is 2.54. The summed E-state index contributed by atoms with van der Waals surface area (Å²) in [5.41, 5.74) is 7.23. The largest absolute Gasteiger partial charge is 0.326 e. The predicted octanol–water partition coefficient (Wildman–Crippen LogP) is 1.85. The number of hydrogen-bond donors (Lipinski definition) is 1. The van der Waals surface area contributed by atoms with Crippen molar-refractivity contribution in [2.75, 3.05) is 11.4 Å². The number of nitrogens with zero attached hydrogens (tertiary/aromatic N) is 1. The molecule has 0 atom stereocenters. The molecule has 1 aromatic carbocycles. The first-order valence-electron chi connectivity index (χ1n) is 6.33. The van der Waals surface area contributed by atoms with Crippen molar-refractivity contribution in [3.63, 3.8) is 0 Å². The lowest BCUT2D eigenvalue weighted by molar-refractivity contribution is 0.577. The first kappa shape index (κ1) is 13.4. The van der Waals surface area contributed by atoms with Gasteiger partial charge in [0, 0.05) is 13.6 Å². The Morgan fingerprint density at radius 3 is 2.50 bits per heavy atom. The molecular formula is C13H20N2O2S. The highest BCUT2D eigenvalue weighted by molar-refractivity contribution is 7.93. The van der Waals surface area contributed by atoms with Gasteiger partial charge in [0.25, 0.3) is 0 Å². The Hall–Kier alpha value is -1.07. The van der Waals surface area contributed by atoms with E-state index in [0.717, 1.165) is 31.2 Å². The SMILES string of the molecule is CN(c1ccccc1CN)S(=O)(=O)C1CCCC1. The quantitative estimate of drug-likeness (QED) is 0.906. The van der Waals surface area contributed by atoms with Crippen molar-refractivity contribution in [2.45, 2.75) is 37.5 Å². The summed E-state index contributed by atoms with van der Waals surface area (Å²) in [6.07, 6.45) is 3.57. The molecule has 0 aromatic heterocycles. The zero-order valence-corrected chi connectivity index (χ0v) is 11.5. The second kappa shape index (κ2) is 5.28. The van der Waals surface area contributed by atoms with Crippen LogP contribution in [0, 0.1) is 0 Å². The van der Waals surface area contributed by atoms with Crippen LogP contribution in [-0.4, -0.2) is 20.7 Å². The van der Waals surface area contributed by atoms with Gasteiger partial charge >= 0.3 is 0 Å². The van der Waals surface area contributed by atoms with Gasteiger partial charge in [0.2, 0.25) is 10.0 Å². The minimum absolute atomic E-state index is 0.228. The summed E-state index contributed by atoms with van der Waals surface area (Å²) in [5, 5.41) is -0.228. The molecule has 1 saturated carbocycles. The van der Waals surface area contributed by atoms with Crippen LogP contribution in [0.3, 0.4) is 0 Å². The first-order chi connectivity index (χ1) is 8.57. The van der Waals surface area contributed by atoms with Crippen molar-refractivity contribution in [2.24, 2.45) is 5.73 Å². The van der Waals surface area contributed by atoms with Gasteiger partial charge in [-0.1, -0.05) is 31.0 Å². The highest BCUT2D eigenvalue weighted by Gasteiger charge is 2.32. The summed E-state index contributed by atoms with van der Waals surface area (Å²) in [4.78, 5) is 0. The van der Waals surface area contributed by atoms with Gasteiger partial charge in [0.1, 0.15) is 0 Å². The molecule has 0 radical (unpaired) electrons. The van der Waals surface area contributed by atoms with E-state index in [1.54, 1.807) is 7.05 Å². The summed E-state index contributed by atoms with van der Waals surface area (Å²) in [5.74, 6) is 0. The molecule has 0 spiro atoms. The summed E-state index contributed by atoms with van der Waals surface area (Å²) >= 11 is 0. The highest BCUT2D eigenvalue weighted by atomic mass is 32.2. The van der Waals surface area contributed by atoms with Crippen LogP contribution in [0.4, 0.5) is 5.69 Å². The van der Waals surface area contributed by atoms with E-state index in [2.05, 4.69) is 0 Å². The molecule has 100 valence electrons. The summed E-state index contributed by atoms with van der Waals surface area (Å²) < 4.78 is 26.4. The average molecular weight is 268 g/mol. The third kappa shape index (κ3) is 2.37. The monoisotopic (exact) mass is 268 g/mol. The predicted molar refractivity (Wildman–Crippen MR) is 73.9 cm³/mol. The molecule has 1 aliphatic carbocycles. The van der Waals surface area contributed by atoms with Crippen molar-refractivity contribution >= 4 is 15.7 Å². The number of anilines is 1. The Morgan fingerprint density at radius 1 is 1.28 bits per heavy atom. The fraction of sp³-hybridized carbons (Fsp3) is 0.538. The Bertz CT molecular complexity index is 507. The topological polar surface area (TPSA) is 63.4 Å². The third-order valence-electron chi connectivity index (χ3n) is 3.66. The standard InChI is InChI=1S/C13H20N2O2S/c1-15(13-9-5-2-6-11(13)10-14)18(16,17)12-7-3-4-8-12/h2,5-6,9,12H,3-4,7-8,10,14H2,1H3. The molecule has 2 rings (SSSR count). The minimum atomic E-state index is -3.25. The van der Waals surface area contributed by atoms with E-state index in [1.807, 2.05) is 24.3 Å². The van der Waals surface area contributed by atoms with Crippen LogP contribution in [0.15, 0.2) is 24.3 Å².